The second kappa shape index (κ2) is 7.35. The molecule has 0 radical (unpaired) electrons. The molecule has 1 aromatic carbocycles. The Hall–Kier alpha value is -3.16. The summed E-state index contributed by atoms with van der Waals surface area (Å²) in [6.07, 6.45) is 1.46. The summed E-state index contributed by atoms with van der Waals surface area (Å²) in [5, 5.41) is 0. The lowest BCUT2D eigenvalue weighted by atomic mass is 9.89. The van der Waals surface area contributed by atoms with Gasteiger partial charge in [0.15, 0.2) is 0 Å². The van der Waals surface area contributed by atoms with Crippen LogP contribution in [0.3, 0.4) is 0 Å². The third-order valence-corrected chi connectivity index (χ3v) is 5.79. The summed E-state index contributed by atoms with van der Waals surface area (Å²) in [5.41, 5.74) is 0.756. The van der Waals surface area contributed by atoms with Crippen molar-refractivity contribution in [2.75, 3.05) is 33.7 Å². The number of benzene rings is 1. The Labute approximate surface area is 167 Å². The minimum absolute atomic E-state index is 0.00615. The van der Waals surface area contributed by atoms with Crippen molar-refractivity contribution in [2.45, 2.75) is 6.04 Å². The fourth-order valence-corrected chi connectivity index (χ4v) is 4.54. The van der Waals surface area contributed by atoms with E-state index >= 15 is 0 Å². The van der Waals surface area contributed by atoms with Gasteiger partial charge in [-0.2, -0.15) is 0 Å². The monoisotopic (exact) mass is 398 g/mol. The zero-order chi connectivity index (χ0) is 20.7. The zero-order valence-electron chi connectivity index (χ0n) is 16.3. The summed E-state index contributed by atoms with van der Waals surface area (Å²) >= 11 is 0. The van der Waals surface area contributed by atoms with Gasteiger partial charge in [-0.15, -0.1) is 0 Å². The molecule has 7 nitrogen and oxygen atoms in total. The van der Waals surface area contributed by atoms with Gasteiger partial charge < -0.3 is 19.7 Å². The molecule has 8 heteroatoms. The van der Waals surface area contributed by atoms with Crippen molar-refractivity contribution in [3.8, 4) is 0 Å². The molecule has 29 heavy (non-hydrogen) atoms. The number of pyridine rings is 1. The molecule has 1 aromatic heterocycles. The molecule has 2 fully saturated rings. The Morgan fingerprint density at radius 1 is 1.14 bits per heavy atom. The van der Waals surface area contributed by atoms with Crippen LogP contribution >= 0.6 is 0 Å². The van der Waals surface area contributed by atoms with Gasteiger partial charge in [0.2, 0.25) is 5.56 Å². The summed E-state index contributed by atoms with van der Waals surface area (Å²) in [7, 11) is 3.39. The van der Waals surface area contributed by atoms with E-state index in [1.807, 2.05) is 6.07 Å². The third kappa shape index (κ3) is 3.50. The smallest absolute Gasteiger partial charge is 0.320 e. The minimum Gasteiger partial charge on any atom is -0.338 e. The maximum Gasteiger partial charge on any atom is 0.320 e. The number of rotatable bonds is 2. The molecule has 0 aliphatic carbocycles. The van der Waals surface area contributed by atoms with Gasteiger partial charge in [-0.25, -0.2) is 9.18 Å². The number of hydrogen-bond acceptors (Lipinski definition) is 3. The van der Waals surface area contributed by atoms with E-state index in [1.54, 1.807) is 36.0 Å². The molecule has 2 aliphatic rings. The highest BCUT2D eigenvalue weighted by molar-refractivity contribution is 5.94. The second-order valence-electron chi connectivity index (χ2n) is 7.90. The van der Waals surface area contributed by atoms with E-state index < -0.39 is 0 Å². The standard InChI is InChI=1S/C21H23FN4O3/c1-24(2)21(29)26-11-15-10-25(20(28)14-6-7-23-18(27)9-14)12-17(15)19(26)13-4-3-5-16(22)8-13/h3-9,15,17,19H,10-12H2,1-2H3,(H,23,27)/t15-,17-,19-/m1/s1. The Bertz CT molecular complexity index is 1010. The number of likely N-dealkylation sites (tertiary alicyclic amines) is 2. The Balaban J connectivity index is 1.63. The van der Waals surface area contributed by atoms with Crippen LogP contribution < -0.4 is 5.56 Å². The second-order valence-corrected chi connectivity index (χ2v) is 7.90. The Morgan fingerprint density at radius 3 is 2.62 bits per heavy atom. The number of halogens is 1. The number of carbonyl (C=O) groups is 2. The molecule has 0 spiro atoms. The van der Waals surface area contributed by atoms with Crippen LogP contribution in [0.4, 0.5) is 9.18 Å². The molecular weight excluding hydrogens is 375 g/mol. The maximum absolute atomic E-state index is 13.9. The van der Waals surface area contributed by atoms with Crippen molar-refractivity contribution >= 4 is 11.9 Å². The number of amides is 3. The van der Waals surface area contributed by atoms with Crippen molar-refractivity contribution in [3.63, 3.8) is 0 Å². The Kier molecular flexibility index (Phi) is 4.86. The summed E-state index contributed by atoms with van der Waals surface area (Å²) in [6, 6.07) is 8.77. The van der Waals surface area contributed by atoms with Crippen LogP contribution in [0.15, 0.2) is 47.4 Å². The average Bonchev–Trinajstić information content (AvgIpc) is 3.24. The predicted molar refractivity (Wildman–Crippen MR) is 105 cm³/mol. The number of nitrogens with zero attached hydrogens (tertiary/aromatic N) is 3. The van der Waals surface area contributed by atoms with E-state index in [4.69, 9.17) is 0 Å². The molecule has 0 bridgehead atoms. The van der Waals surface area contributed by atoms with Crippen molar-refractivity contribution in [2.24, 2.45) is 11.8 Å². The Morgan fingerprint density at radius 2 is 1.93 bits per heavy atom. The highest BCUT2D eigenvalue weighted by atomic mass is 19.1. The van der Waals surface area contributed by atoms with E-state index in [2.05, 4.69) is 4.98 Å². The molecule has 4 rings (SSSR count). The maximum atomic E-state index is 13.9. The lowest BCUT2D eigenvalue weighted by Crippen LogP contribution is -2.42. The van der Waals surface area contributed by atoms with E-state index in [-0.39, 0.29) is 41.2 Å². The fraction of sp³-hybridized carbons (Fsp3) is 0.381. The van der Waals surface area contributed by atoms with Crippen molar-refractivity contribution in [1.82, 2.24) is 19.7 Å². The number of fused-ring (bicyclic) bond motifs is 1. The van der Waals surface area contributed by atoms with E-state index in [0.717, 1.165) is 5.56 Å². The van der Waals surface area contributed by atoms with Crippen LogP contribution in [0, 0.1) is 17.7 Å². The van der Waals surface area contributed by atoms with Crippen LogP contribution in [-0.4, -0.2) is 65.4 Å². The van der Waals surface area contributed by atoms with Gasteiger partial charge in [0.05, 0.1) is 6.04 Å². The first kappa shape index (κ1) is 19.2. The number of nitrogens with one attached hydrogen (secondary N) is 1. The quantitative estimate of drug-likeness (QED) is 0.840. The molecule has 0 saturated carbocycles. The van der Waals surface area contributed by atoms with Crippen molar-refractivity contribution in [3.05, 3.63) is 69.9 Å². The van der Waals surface area contributed by atoms with Crippen molar-refractivity contribution < 1.29 is 14.0 Å². The van der Waals surface area contributed by atoms with E-state index in [9.17, 15) is 18.8 Å². The van der Waals surface area contributed by atoms with Crippen LogP contribution in [-0.2, 0) is 0 Å². The van der Waals surface area contributed by atoms with Gasteiger partial charge >= 0.3 is 6.03 Å². The fourth-order valence-electron chi connectivity index (χ4n) is 4.54. The van der Waals surface area contributed by atoms with E-state index in [1.165, 1.54) is 29.3 Å². The molecule has 2 saturated heterocycles. The van der Waals surface area contributed by atoms with Crippen LogP contribution in [0.2, 0.25) is 0 Å². The SMILES string of the molecule is CN(C)C(=O)N1C[C@H]2CN(C(=O)c3cc[nH]c(=O)c3)C[C@H]2[C@H]1c1cccc(F)c1. The van der Waals surface area contributed by atoms with Crippen molar-refractivity contribution in [1.29, 1.82) is 0 Å². The lowest BCUT2D eigenvalue weighted by molar-refractivity contribution is 0.0766. The normalized spacial score (nSPS) is 23.2. The van der Waals surface area contributed by atoms with Crippen LogP contribution in [0.25, 0.3) is 0 Å². The summed E-state index contributed by atoms with van der Waals surface area (Å²) in [4.78, 5) is 44.7. The first-order valence-electron chi connectivity index (χ1n) is 9.56. The van der Waals surface area contributed by atoms with Gasteiger partial charge in [0.1, 0.15) is 5.82 Å². The number of aromatic nitrogens is 1. The summed E-state index contributed by atoms with van der Waals surface area (Å²) < 4.78 is 13.9. The number of urea groups is 1. The van der Waals surface area contributed by atoms with Gasteiger partial charge in [-0.3, -0.25) is 9.59 Å². The van der Waals surface area contributed by atoms with Gasteiger partial charge in [-0.05, 0) is 23.8 Å². The zero-order valence-corrected chi connectivity index (χ0v) is 16.3. The molecule has 3 heterocycles. The third-order valence-electron chi connectivity index (χ3n) is 5.79. The molecule has 1 N–H and O–H groups in total. The van der Waals surface area contributed by atoms with Gasteiger partial charge in [0, 0.05) is 63.4 Å². The summed E-state index contributed by atoms with van der Waals surface area (Å²) in [5.74, 6) is -0.448. The van der Waals surface area contributed by atoms with E-state index in [0.29, 0.717) is 25.2 Å². The molecular formula is C21H23FN4O3. The highest BCUT2D eigenvalue weighted by Gasteiger charge is 2.50. The topological polar surface area (TPSA) is 76.7 Å². The first-order valence-corrected chi connectivity index (χ1v) is 9.56. The summed E-state index contributed by atoms with van der Waals surface area (Å²) in [6.45, 7) is 1.45. The van der Waals surface area contributed by atoms with Crippen LogP contribution in [0.1, 0.15) is 22.0 Å². The number of hydrogen-bond donors (Lipinski definition) is 1. The predicted octanol–water partition coefficient (Wildman–Crippen LogP) is 1.94. The number of H-pyrrole nitrogens is 1. The molecule has 2 aromatic rings. The molecule has 3 amide bonds. The molecule has 2 aliphatic heterocycles. The number of aromatic amines is 1. The molecule has 3 atom stereocenters. The first-order chi connectivity index (χ1) is 13.8. The van der Waals surface area contributed by atoms with Gasteiger partial charge in [0.25, 0.3) is 5.91 Å². The highest BCUT2D eigenvalue weighted by Crippen LogP contribution is 2.45. The molecule has 152 valence electrons. The lowest BCUT2D eigenvalue weighted by Gasteiger charge is -2.32. The average molecular weight is 398 g/mol. The number of carbonyl (C=O) groups excluding carboxylic acids is 2. The van der Waals surface area contributed by atoms with Crippen LogP contribution in [0.5, 0.6) is 0 Å². The van der Waals surface area contributed by atoms with Gasteiger partial charge in [-0.1, -0.05) is 12.1 Å². The molecule has 0 unspecified atom stereocenters. The largest absolute Gasteiger partial charge is 0.338 e. The minimum atomic E-state index is -0.349.